The van der Waals surface area contributed by atoms with Crippen molar-refractivity contribution in [2.45, 2.75) is 6.92 Å². The molecule has 0 aliphatic carbocycles. The zero-order valence-corrected chi connectivity index (χ0v) is 18.6. The third-order valence-electron chi connectivity index (χ3n) is 4.86. The summed E-state index contributed by atoms with van der Waals surface area (Å²) in [5.41, 5.74) is 2.64. The number of hydrogen-bond donors (Lipinski definition) is 0. The Kier molecular flexibility index (Phi) is 5.87. The first-order valence-electron chi connectivity index (χ1n) is 9.60. The highest BCUT2D eigenvalue weighted by molar-refractivity contribution is 6.31. The first kappa shape index (κ1) is 21.5. The molecular weight excluding hydrogens is 434 g/mol. The molecule has 3 aromatic rings. The third-order valence-corrected chi connectivity index (χ3v) is 5.23. The molecule has 9 heteroatoms. The van der Waals surface area contributed by atoms with Crippen molar-refractivity contribution in [2.75, 3.05) is 21.3 Å². The van der Waals surface area contributed by atoms with Gasteiger partial charge < -0.3 is 18.9 Å². The van der Waals surface area contributed by atoms with Crippen LogP contribution >= 0.6 is 11.6 Å². The zero-order valence-electron chi connectivity index (χ0n) is 17.9. The monoisotopic (exact) mass is 453 g/mol. The first-order valence-corrected chi connectivity index (χ1v) is 9.98. The molecule has 0 radical (unpaired) electrons. The lowest BCUT2D eigenvalue weighted by Crippen LogP contribution is -2.07. The van der Waals surface area contributed by atoms with Gasteiger partial charge in [0.25, 0.3) is 0 Å². The number of rotatable bonds is 6. The molecule has 2 aromatic carbocycles. The van der Waals surface area contributed by atoms with Gasteiger partial charge in [-0.3, -0.25) is 0 Å². The first-order chi connectivity index (χ1) is 15.5. The summed E-state index contributed by atoms with van der Waals surface area (Å²) >= 11 is 6.56. The van der Waals surface area contributed by atoms with Gasteiger partial charge in [0.15, 0.2) is 17.2 Å². The van der Waals surface area contributed by atoms with E-state index in [0.29, 0.717) is 39.2 Å². The molecule has 1 aliphatic rings. The molecule has 0 N–H and O–H groups in total. The molecule has 0 atom stereocenters. The van der Waals surface area contributed by atoms with Gasteiger partial charge in [-0.25, -0.2) is 14.5 Å². The number of para-hydroxylation sites is 1. The minimum Gasteiger partial charge on any atom is -0.493 e. The average Bonchev–Trinajstić information content (AvgIpc) is 3.32. The van der Waals surface area contributed by atoms with E-state index in [0.717, 1.165) is 5.69 Å². The van der Waals surface area contributed by atoms with Gasteiger partial charge in [-0.1, -0.05) is 29.8 Å². The summed E-state index contributed by atoms with van der Waals surface area (Å²) in [4.78, 5) is 16.9. The van der Waals surface area contributed by atoms with Crippen LogP contribution in [0.5, 0.6) is 17.2 Å². The third kappa shape index (κ3) is 3.80. The SMILES string of the molecule is COc1cc(C2=NC(=Cc3c(C)nn(-c4ccccc4)c3Cl)C(=O)O2)cc(OC)c1OC. The van der Waals surface area contributed by atoms with Crippen molar-refractivity contribution < 1.29 is 23.7 Å². The molecule has 0 bridgehead atoms. The van der Waals surface area contributed by atoms with E-state index in [-0.39, 0.29) is 11.6 Å². The molecule has 4 rings (SSSR count). The molecule has 32 heavy (non-hydrogen) atoms. The van der Waals surface area contributed by atoms with Crippen LogP contribution in [0.25, 0.3) is 11.8 Å². The lowest BCUT2D eigenvalue weighted by Gasteiger charge is -2.13. The van der Waals surface area contributed by atoms with E-state index >= 15 is 0 Å². The number of halogens is 1. The lowest BCUT2D eigenvalue weighted by molar-refractivity contribution is -0.129. The van der Waals surface area contributed by atoms with Crippen LogP contribution < -0.4 is 14.2 Å². The number of cyclic esters (lactones) is 1. The fourth-order valence-electron chi connectivity index (χ4n) is 3.29. The van der Waals surface area contributed by atoms with Crippen LogP contribution in [0.1, 0.15) is 16.8 Å². The number of hydrogen-bond acceptors (Lipinski definition) is 7. The maximum absolute atomic E-state index is 12.5. The predicted molar refractivity (Wildman–Crippen MR) is 120 cm³/mol. The number of carbonyl (C=O) groups excluding carboxylic acids is 1. The number of aromatic nitrogens is 2. The molecule has 0 fully saturated rings. The van der Waals surface area contributed by atoms with E-state index in [9.17, 15) is 4.79 Å². The smallest absolute Gasteiger partial charge is 0.363 e. The average molecular weight is 454 g/mol. The Morgan fingerprint density at radius 1 is 1.03 bits per heavy atom. The van der Waals surface area contributed by atoms with Crippen molar-refractivity contribution in [2.24, 2.45) is 4.99 Å². The number of methoxy groups -OCH3 is 3. The van der Waals surface area contributed by atoms with Crippen LogP contribution in [0.2, 0.25) is 5.15 Å². The van der Waals surface area contributed by atoms with Gasteiger partial charge in [-0.05, 0) is 37.3 Å². The minimum absolute atomic E-state index is 0.103. The molecule has 164 valence electrons. The van der Waals surface area contributed by atoms with Crippen LogP contribution in [0, 0.1) is 6.92 Å². The van der Waals surface area contributed by atoms with E-state index in [4.69, 9.17) is 30.5 Å². The summed E-state index contributed by atoms with van der Waals surface area (Å²) in [5.74, 6) is 0.777. The van der Waals surface area contributed by atoms with Gasteiger partial charge >= 0.3 is 5.97 Å². The summed E-state index contributed by atoms with van der Waals surface area (Å²) in [6.07, 6.45) is 1.57. The Balaban J connectivity index is 1.74. The Labute approximate surface area is 189 Å². The van der Waals surface area contributed by atoms with E-state index in [1.807, 2.05) is 37.3 Å². The van der Waals surface area contributed by atoms with Crippen LogP contribution in [0.4, 0.5) is 0 Å². The highest BCUT2D eigenvalue weighted by Gasteiger charge is 2.27. The number of nitrogens with zero attached hydrogens (tertiary/aromatic N) is 3. The van der Waals surface area contributed by atoms with E-state index in [1.54, 1.807) is 22.9 Å². The lowest BCUT2D eigenvalue weighted by atomic mass is 10.1. The summed E-state index contributed by atoms with van der Waals surface area (Å²) in [7, 11) is 4.52. The summed E-state index contributed by atoms with van der Waals surface area (Å²) in [6, 6.07) is 12.8. The summed E-state index contributed by atoms with van der Waals surface area (Å²) < 4.78 is 23.1. The fraction of sp³-hybridized carbons (Fsp3) is 0.174. The Morgan fingerprint density at radius 2 is 1.69 bits per heavy atom. The molecule has 0 unspecified atom stereocenters. The number of esters is 1. The molecular formula is C23H20ClN3O5. The number of carbonyl (C=O) groups is 1. The molecule has 8 nitrogen and oxygen atoms in total. The maximum Gasteiger partial charge on any atom is 0.363 e. The standard InChI is InChI=1S/C23H20ClN3O5/c1-13-16(21(24)27(26-13)15-8-6-5-7-9-15)12-17-23(28)32-22(25-17)14-10-18(29-2)20(31-4)19(11-14)30-3/h5-12H,1-4H3. The van der Waals surface area contributed by atoms with Gasteiger partial charge in [0.05, 0.1) is 32.7 Å². The molecule has 1 aromatic heterocycles. The van der Waals surface area contributed by atoms with Crippen LogP contribution in [-0.2, 0) is 9.53 Å². The molecule has 0 amide bonds. The zero-order chi connectivity index (χ0) is 22.8. The van der Waals surface area contributed by atoms with Crippen molar-refractivity contribution in [3.63, 3.8) is 0 Å². The minimum atomic E-state index is -0.600. The second kappa shape index (κ2) is 8.76. The second-order valence-electron chi connectivity index (χ2n) is 6.79. The van der Waals surface area contributed by atoms with Gasteiger partial charge in [-0.2, -0.15) is 5.10 Å². The number of aryl methyl sites for hydroxylation is 1. The molecule has 2 heterocycles. The normalized spacial score (nSPS) is 14.3. The van der Waals surface area contributed by atoms with E-state index < -0.39 is 5.97 Å². The largest absolute Gasteiger partial charge is 0.493 e. The number of aliphatic imine (C=N–C) groups is 1. The Morgan fingerprint density at radius 3 is 2.28 bits per heavy atom. The number of ether oxygens (including phenoxy) is 4. The summed E-state index contributed by atoms with van der Waals surface area (Å²) in [5, 5.41) is 4.85. The van der Waals surface area contributed by atoms with E-state index in [1.165, 1.54) is 21.3 Å². The van der Waals surface area contributed by atoms with Gasteiger partial charge in [0, 0.05) is 11.1 Å². The predicted octanol–water partition coefficient (Wildman–Crippen LogP) is 4.20. The van der Waals surface area contributed by atoms with Crippen molar-refractivity contribution in [1.82, 2.24) is 9.78 Å². The topological polar surface area (TPSA) is 84.2 Å². The highest BCUT2D eigenvalue weighted by atomic mass is 35.5. The molecule has 0 saturated heterocycles. The highest BCUT2D eigenvalue weighted by Crippen LogP contribution is 2.39. The summed E-state index contributed by atoms with van der Waals surface area (Å²) in [6.45, 7) is 1.81. The fourth-order valence-corrected chi connectivity index (χ4v) is 3.62. The molecule has 0 spiro atoms. The van der Waals surface area contributed by atoms with Crippen molar-refractivity contribution >= 4 is 29.5 Å². The van der Waals surface area contributed by atoms with Crippen LogP contribution in [0.3, 0.4) is 0 Å². The maximum atomic E-state index is 12.5. The molecule has 0 saturated carbocycles. The Hall–Kier alpha value is -3.78. The van der Waals surface area contributed by atoms with Gasteiger partial charge in [0.1, 0.15) is 5.15 Å². The Bertz CT molecular complexity index is 1220. The number of benzene rings is 2. The van der Waals surface area contributed by atoms with Crippen molar-refractivity contribution in [3.05, 3.63) is 70.1 Å². The van der Waals surface area contributed by atoms with Crippen LogP contribution in [0.15, 0.2) is 53.2 Å². The van der Waals surface area contributed by atoms with Crippen molar-refractivity contribution in [3.8, 4) is 22.9 Å². The molecule has 1 aliphatic heterocycles. The van der Waals surface area contributed by atoms with Gasteiger partial charge in [0.2, 0.25) is 11.6 Å². The second-order valence-corrected chi connectivity index (χ2v) is 7.15. The van der Waals surface area contributed by atoms with Crippen LogP contribution in [-0.4, -0.2) is 43.0 Å². The van der Waals surface area contributed by atoms with Crippen molar-refractivity contribution in [1.29, 1.82) is 0 Å². The van der Waals surface area contributed by atoms with E-state index in [2.05, 4.69) is 10.1 Å². The van der Waals surface area contributed by atoms with Gasteiger partial charge in [-0.15, -0.1) is 0 Å². The quantitative estimate of drug-likeness (QED) is 0.410.